The quantitative estimate of drug-likeness (QED) is 0.0764. The van der Waals surface area contributed by atoms with Gasteiger partial charge in [0.2, 0.25) is 0 Å². The summed E-state index contributed by atoms with van der Waals surface area (Å²) in [5.41, 5.74) is 1.48. The summed E-state index contributed by atoms with van der Waals surface area (Å²) in [6.07, 6.45) is 0.951. The van der Waals surface area contributed by atoms with Crippen LogP contribution in [-0.2, 0) is 19.6 Å². The van der Waals surface area contributed by atoms with Crippen molar-refractivity contribution in [2.75, 3.05) is 26.4 Å². The first kappa shape index (κ1) is 41.7. The first-order chi connectivity index (χ1) is 25.5. The number of ether oxygens (including phenoxy) is 4. The molecule has 4 aromatic rings. The predicted octanol–water partition coefficient (Wildman–Crippen LogP) is 4.96. The predicted molar refractivity (Wildman–Crippen MR) is 206 cm³/mol. The third-order valence-electron chi connectivity index (χ3n) is 8.73. The van der Waals surface area contributed by atoms with Gasteiger partial charge in [0, 0.05) is 0 Å². The molecule has 0 aliphatic heterocycles. The monoisotopic (exact) mass is 738 g/mol. The molecule has 0 aliphatic rings. The maximum atomic E-state index is 13.3. The van der Waals surface area contributed by atoms with E-state index in [4.69, 9.17) is 28.6 Å². The smallest absolute Gasteiger partial charge is 0.504 e. The van der Waals surface area contributed by atoms with Gasteiger partial charge in [-0.3, -0.25) is 0 Å². The molecule has 4 aromatic carbocycles. The van der Waals surface area contributed by atoms with Crippen molar-refractivity contribution in [1.29, 1.82) is 0 Å². The second kappa shape index (κ2) is 18.3. The Morgan fingerprint density at radius 3 is 1.46 bits per heavy atom. The molecule has 13 heteroatoms. The highest BCUT2D eigenvalue weighted by molar-refractivity contribution is 6.58. The van der Waals surface area contributed by atoms with Crippen LogP contribution in [-0.4, -0.2) is 74.2 Å². The van der Waals surface area contributed by atoms with Crippen LogP contribution in [0.25, 0.3) is 0 Å². The van der Waals surface area contributed by atoms with Crippen LogP contribution in [0, 0.1) is 17.8 Å². The van der Waals surface area contributed by atoms with Crippen LogP contribution in [0.4, 0.5) is 0 Å². The minimum Gasteiger partial charge on any atom is -0.539 e. The van der Waals surface area contributed by atoms with Gasteiger partial charge in [0.1, 0.15) is 43.3 Å². The Morgan fingerprint density at radius 2 is 1.04 bits per heavy atom. The van der Waals surface area contributed by atoms with Crippen molar-refractivity contribution in [2.24, 2.45) is 10.8 Å². The number of hydrogen-bond donors (Lipinski definition) is 3. The fourth-order valence-corrected chi connectivity index (χ4v) is 6.07. The molecular weight excluding hydrogens is 690 g/mol. The van der Waals surface area contributed by atoms with E-state index in [0.29, 0.717) is 17.1 Å². The van der Waals surface area contributed by atoms with Gasteiger partial charge in [-0.05, 0) is 95.9 Å². The lowest BCUT2D eigenvalue weighted by Gasteiger charge is -2.33. The number of benzene rings is 4. The number of carbonyl (C=O) groups is 3. The van der Waals surface area contributed by atoms with Crippen LogP contribution in [0.3, 0.4) is 0 Å². The number of hydrogen-bond acceptors (Lipinski definition) is 11. The third kappa shape index (κ3) is 12.2. The maximum absolute atomic E-state index is 13.3. The Hall–Kier alpha value is -5.10. The Labute approximate surface area is 317 Å². The summed E-state index contributed by atoms with van der Waals surface area (Å²) in [7, 11) is -2.24. The summed E-state index contributed by atoms with van der Waals surface area (Å²) < 4.78 is 28.7. The summed E-state index contributed by atoms with van der Waals surface area (Å²) in [5.74, 6) is -1.26. The zero-order valence-electron chi connectivity index (χ0n) is 31.7. The van der Waals surface area contributed by atoms with Gasteiger partial charge in [-0.25, -0.2) is 14.4 Å². The Balaban J connectivity index is 1.63. The Bertz CT molecular complexity index is 1830. The van der Waals surface area contributed by atoms with Gasteiger partial charge in [0.15, 0.2) is 0 Å². The highest BCUT2D eigenvalue weighted by Crippen LogP contribution is 2.37. The molecule has 11 nitrogen and oxygen atoms in total. The molecule has 3 N–H and O–H groups in total. The Kier molecular flexibility index (Phi) is 14.1. The maximum Gasteiger partial charge on any atom is 0.504 e. The van der Waals surface area contributed by atoms with Gasteiger partial charge in [0.25, 0.3) is 0 Å². The minimum absolute atomic E-state index is 0.108. The van der Waals surface area contributed by atoms with Gasteiger partial charge in [0.05, 0.1) is 16.7 Å². The van der Waals surface area contributed by atoms with Crippen LogP contribution in [0.5, 0.6) is 11.5 Å². The standard InChI is InChI=1S/C41H48B2O11/c1-28-7-9-29(10-8-28)36(44)51-25-41(26-52-37(45)30-11-17-33(18-12-30)43(48)49,27-53-38(46)31-13-19-35(20-14-31)54-42-47)24-50-34-21-15-32(16-22-34)40(5,6)23-39(2,3)4/h7-22,42,47-49H,23-27H2,1-6H3. The Morgan fingerprint density at radius 1 is 0.611 bits per heavy atom. The van der Waals surface area contributed by atoms with E-state index in [9.17, 15) is 24.4 Å². The van der Waals surface area contributed by atoms with Gasteiger partial charge in [-0.2, -0.15) is 0 Å². The lowest BCUT2D eigenvalue weighted by Crippen LogP contribution is -2.44. The molecule has 0 saturated carbocycles. The van der Waals surface area contributed by atoms with E-state index in [0.717, 1.165) is 17.5 Å². The molecule has 4 rings (SSSR count). The molecule has 0 saturated heterocycles. The van der Waals surface area contributed by atoms with Crippen molar-refractivity contribution >= 4 is 38.2 Å². The van der Waals surface area contributed by atoms with Gasteiger partial charge < -0.3 is 38.7 Å². The van der Waals surface area contributed by atoms with Crippen LogP contribution < -0.4 is 14.9 Å². The number of esters is 3. The summed E-state index contributed by atoms with van der Waals surface area (Å²) in [6.45, 7) is 11.5. The fraction of sp³-hybridized carbons (Fsp3) is 0.341. The van der Waals surface area contributed by atoms with Crippen LogP contribution in [0.1, 0.15) is 83.2 Å². The van der Waals surface area contributed by atoms with E-state index >= 15 is 0 Å². The third-order valence-corrected chi connectivity index (χ3v) is 8.73. The van der Waals surface area contributed by atoms with Crippen LogP contribution in [0.15, 0.2) is 97.1 Å². The lowest BCUT2D eigenvalue weighted by atomic mass is 9.72. The second-order valence-electron chi connectivity index (χ2n) is 15.3. The van der Waals surface area contributed by atoms with Crippen molar-refractivity contribution in [3.05, 3.63) is 125 Å². The fourth-order valence-electron chi connectivity index (χ4n) is 6.07. The SMILES string of the molecule is Cc1ccc(C(=O)OCC(COC(=O)c2ccc(OBO)cc2)(COC(=O)c2ccc(B(O)O)cc2)COc2ccc(C(C)(C)CC(C)(C)C)cc2)cc1. The van der Waals surface area contributed by atoms with Crippen molar-refractivity contribution in [1.82, 2.24) is 0 Å². The summed E-state index contributed by atoms with van der Waals surface area (Å²) in [5, 5.41) is 28.0. The second-order valence-corrected chi connectivity index (χ2v) is 15.3. The highest BCUT2D eigenvalue weighted by Gasteiger charge is 2.38. The molecule has 284 valence electrons. The summed E-state index contributed by atoms with van der Waals surface area (Å²) in [4.78, 5) is 39.8. The molecule has 0 heterocycles. The van der Waals surface area contributed by atoms with Crippen molar-refractivity contribution in [2.45, 2.75) is 53.4 Å². The number of carbonyl (C=O) groups excluding carboxylic acids is 3. The van der Waals surface area contributed by atoms with E-state index in [-0.39, 0.29) is 47.2 Å². The molecule has 0 spiro atoms. The molecule has 54 heavy (non-hydrogen) atoms. The van der Waals surface area contributed by atoms with Gasteiger partial charge >= 0.3 is 32.7 Å². The molecule has 0 aromatic heterocycles. The highest BCUT2D eigenvalue weighted by atomic mass is 16.6. The van der Waals surface area contributed by atoms with E-state index in [1.165, 1.54) is 48.5 Å². The van der Waals surface area contributed by atoms with Crippen LogP contribution in [0.2, 0.25) is 0 Å². The number of rotatable bonds is 17. The minimum atomic E-state index is -1.71. The number of aryl methyl sites for hydroxylation is 1. The topological polar surface area (TPSA) is 158 Å². The zero-order valence-corrected chi connectivity index (χ0v) is 31.7. The van der Waals surface area contributed by atoms with E-state index < -0.39 is 44.7 Å². The molecule has 0 amide bonds. The van der Waals surface area contributed by atoms with E-state index in [2.05, 4.69) is 34.6 Å². The average molecular weight is 738 g/mol. The van der Waals surface area contributed by atoms with E-state index in [1.807, 2.05) is 31.2 Å². The molecule has 1 unspecified atom stereocenters. The molecule has 0 aliphatic carbocycles. The lowest BCUT2D eigenvalue weighted by molar-refractivity contribution is -0.0543. The van der Waals surface area contributed by atoms with Crippen molar-refractivity contribution in [3.63, 3.8) is 0 Å². The van der Waals surface area contributed by atoms with Gasteiger partial charge in [-0.1, -0.05) is 76.6 Å². The first-order valence-corrected chi connectivity index (χ1v) is 17.6. The summed E-state index contributed by atoms with van der Waals surface area (Å²) in [6, 6.07) is 26.0. The normalized spacial score (nSPS) is 12.5. The molecule has 1 atom stereocenters. The van der Waals surface area contributed by atoms with Gasteiger partial charge in [-0.15, -0.1) is 0 Å². The van der Waals surface area contributed by atoms with E-state index in [1.54, 1.807) is 24.3 Å². The molecule has 0 fully saturated rings. The molecular formula is C41H48B2O11. The molecule has 0 bridgehead atoms. The molecule has 0 radical (unpaired) electrons. The zero-order chi connectivity index (χ0) is 39.5. The summed E-state index contributed by atoms with van der Waals surface area (Å²) >= 11 is 0. The van der Waals surface area contributed by atoms with Crippen LogP contribution >= 0.6 is 0 Å². The van der Waals surface area contributed by atoms with Crippen molar-refractivity contribution in [3.8, 4) is 11.5 Å². The first-order valence-electron chi connectivity index (χ1n) is 17.6. The largest absolute Gasteiger partial charge is 0.539 e. The van der Waals surface area contributed by atoms with Crippen molar-refractivity contribution < 1.29 is 53.1 Å². The average Bonchev–Trinajstić information content (AvgIpc) is 3.14.